The highest BCUT2D eigenvalue weighted by Gasteiger charge is 2.29. The molecule has 0 aliphatic carbocycles. The molecule has 3 heterocycles. The zero-order chi connectivity index (χ0) is 19.7. The lowest BCUT2D eigenvalue weighted by atomic mass is 10.2. The van der Waals surface area contributed by atoms with Gasteiger partial charge in [0.15, 0.2) is 0 Å². The number of nitrogens with zero attached hydrogens (tertiary/aromatic N) is 5. The predicted molar refractivity (Wildman–Crippen MR) is 104 cm³/mol. The van der Waals surface area contributed by atoms with Gasteiger partial charge in [-0.25, -0.2) is 13.4 Å². The molecule has 0 N–H and O–H groups in total. The maximum absolute atomic E-state index is 12.9. The van der Waals surface area contributed by atoms with Crippen molar-refractivity contribution in [2.45, 2.75) is 11.3 Å². The fourth-order valence-corrected chi connectivity index (χ4v) is 4.82. The molecule has 4 rings (SSSR count). The highest BCUT2D eigenvalue weighted by atomic mass is 32.2. The smallest absolute Gasteiger partial charge is 0.272 e. The van der Waals surface area contributed by atoms with E-state index >= 15 is 0 Å². The van der Waals surface area contributed by atoms with Crippen LogP contribution in [0.25, 0.3) is 10.9 Å². The maximum atomic E-state index is 12.9. The molecule has 0 bridgehead atoms. The maximum Gasteiger partial charge on any atom is 0.272 e. The van der Waals surface area contributed by atoms with Gasteiger partial charge in [0.2, 0.25) is 10.0 Å². The van der Waals surface area contributed by atoms with Crippen LogP contribution < -0.4 is 0 Å². The lowest BCUT2D eigenvalue weighted by molar-refractivity contribution is 0.0759. The molecule has 0 spiro atoms. The third kappa shape index (κ3) is 3.50. The number of benzene rings is 1. The molecule has 1 aromatic carbocycles. The Kier molecular flexibility index (Phi) is 4.86. The van der Waals surface area contributed by atoms with E-state index in [4.69, 9.17) is 0 Å². The lowest BCUT2D eigenvalue weighted by Crippen LogP contribution is -2.37. The van der Waals surface area contributed by atoms with E-state index in [1.54, 1.807) is 18.0 Å². The van der Waals surface area contributed by atoms with Crippen molar-refractivity contribution < 1.29 is 13.2 Å². The molecule has 28 heavy (non-hydrogen) atoms. The fraction of sp³-hybridized carbons (Fsp3) is 0.316. The Morgan fingerprint density at radius 3 is 2.64 bits per heavy atom. The van der Waals surface area contributed by atoms with Crippen molar-refractivity contribution in [3.63, 3.8) is 0 Å². The standard InChI is InChI=1S/C19H21N5O3S/c1-22-14-16(13-20-22)28(26,27)24-10-4-9-23(11-12-24)19(25)18-8-7-15-5-2-3-6-17(15)21-18/h2-3,5-8,13-14H,4,9-12H2,1H3. The van der Waals surface area contributed by atoms with Crippen molar-refractivity contribution in [3.05, 3.63) is 54.5 Å². The van der Waals surface area contributed by atoms with Gasteiger partial charge in [0.05, 0.1) is 11.7 Å². The molecule has 1 amide bonds. The van der Waals surface area contributed by atoms with Crippen LogP contribution in [0.1, 0.15) is 16.9 Å². The molecule has 0 atom stereocenters. The van der Waals surface area contributed by atoms with E-state index in [0.717, 1.165) is 10.9 Å². The summed E-state index contributed by atoms with van der Waals surface area (Å²) in [5.41, 5.74) is 1.14. The SMILES string of the molecule is Cn1cc(S(=O)(=O)N2CCCN(C(=O)c3ccc4ccccc4n3)CC2)cn1. The van der Waals surface area contributed by atoms with Gasteiger partial charge in [-0.3, -0.25) is 9.48 Å². The Balaban J connectivity index is 1.51. The highest BCUT2D eigenvalue weighted by Crippen LogP contribution is 2.18. The summed E-state index contributed by atoms with van der Waals surface area (Å²) < 4.78 is 28.5. The summed E-state index contributed by atoms with van der Waals surface area (Å²) in [6.45, 7) is 1.43. The minimum absolute atomic E-state index is 0.172. The molecular formula is C19H21N5O3S. The number of rotatable bonds is 3. The van der Waals surface area contributed by atoms with Crippen molar-refractivity contribution in [2.24, 2.45) is 7.05 Å². The van der Waals surface area contributed by atoms with Crippen LogP contribution in [0.15, 0.2) is 53.7 Å². The highest BCUT2D eigenvalue weighted by molar-refractivity contribution is 7.89. The molecule has 0 radical (unpaired) electrons. The summed E-state index contributed by atoms with van der Waals surface area (Å²) in [6.07, 6.45) is 3.41. The average molecular weight is 399 g/mol. The zero-order valence-electron chi connectivity index (χ0n) is 15.5. The molecule has 1 aliphatic rings. The van der Waals surface area contributed by atoms with E-state index in [0.29, 0.717) is 31.7 Å². The minimum Gasteiger partial charge on any atom is -0.336 e. The van der Waals surface area contributed by atoms with Gasteiger partial charge in [0.1, 0.15) is 10.6 Å². The second-order valence-corrected chi connectivity index (χ2v) is 8.73. The second kappa shape index (κ2) is 7.33. The first-order valence-corrected chi connectivity index (χ1v) is 10.5. The molecule has 1 aliphatic heterocycles. The number of aryl methyl sites for hydroxylation is 1. The number of fused-ring (bicyclic) bond motifs is 1. The molecule has 1 fully saturated rings. The summed E-state index contributed by atoms with van der Waals surface area (Å²) in [6, 6.07) is 11.2. The Bertz CT molecular complexity index is 1130. The summed E-state index contributed by atoms with van der Waals surface area (Å²) in [5, 5.41) is 4.92. The van der Waals surface area contributed by atoms with Crippen molar-refractivity contribution in [3.8, 4) is 0 Å². The quantitative estimate of drug-likeness (QED) is 0.666. The van der Waals surface area contributed by atoms with Crippen LogP contribution in [-0.4, -0.2) is 64.5 Å². The van der Waals surface area contributed by atoms with Gasteiger partial charge in [-0.2, -0.15) is 9.40 Å². The number of hydrogen-bond acceptors (Lipinski definition) is 5. The number of pyridine rings is 1. The number of amides is 1. The number of carbonyl (C=O) groups is 1. The molecule has 9 heteroatoms. The van der Waals surface area contributed by atoms with E-state index < -0.39 is 10.0 Å². The molecule has 2 aromatic heterocycles. The minimum atomic E-state index is -3.61. The Morgan fingerprint density at radius 1 is 1.04 bits per heavy atom. The molecule has 3 aromatic rings. The number of sulfonamides is 1. The number of aromatic nitrogens is 3. The lowest BCUT2D eigenvalue weighted by Gasteiger charge is -2.21. The number of carbonyl (C=O) groups excluding carboxylic acids is 1. The molecule has 146 valence electrons. The number of para-hydroxylation sites is 1. The van der Waals surface area contributed by atoms with Crippen LogP contribution in [-0.2, 0) is 17.1 Å². The van der Waals surface area contributed by atoms with Crippen LogP contribution >= 0.6 is 0 Å². The average Bonchev–Trinajstić information content (AvgIpc) is 2.99. The van der Waals surface area contributed by atoms with Crippen LogP contribution in [0.2, 0.25) is 0 Å². The first-order valence-electron chi connectivity index (χ1n) is 9.09. The molecule has 0 unspecified atom stereocenters. The van der Waals surface area contributed by atoms with E-state index in [2.05, 4.69) is 10.1 Å². The van der Waals surface area contributed by atoms with Crippen molar-refractivity contribution >= 4 is 26.8 Å². The van der Waals surface area contributed by atoms with Gasteiger partial charge in [0, 0.05) is 44.8 Å². The normalized spacial score (nSPS) is 16.2. The largest absolute Gasteiger partial charge is 0.336 e. The van der Waals surface area contributed by atoms with Crippen LogP contribution in [0.3, 0.4) is 0 Å². The van der Waals surface area contributed by atoms with Gasteiger partial charge in [-0.1, -0.05) is 24.3 Å². The summed E-state index contributed by atoms with van der Waals surface area (Å²) in [4.78, 5) is 19.2. The first kappa shape index (κ1) is 18.6. The van der Waals surface area contributed by atoms with E-state index in [1.807, 2.05) is 30.3 Å². The van der Waals surface area contributed by atoms with Crippen molar-refractivity contribution in [1.82, 2.24) is 24.0 Å². The summed E-state index contributed by atoms with van der Waals surface area (Å²) >= 11 is 0. The molecule has 0 saturated carbocycles. The second-order valence-electron chi connectivity index (χ2n) is 6.79. The van der Waals surface area contributed by atoms with E-state index in [1.165, 1.54) is 21.4 Å². The van der Waals surface area contributed by atoms with Gasteiger partial charge in [0.25, 0.3) is 5.91 Å². The predicted octanol–water partition coefficient (Wildman–Crippen LogP) is 1.51. The Labute approximate surface area is 163 Å². The van der Waals surface area contributed by atoms with Gasteiger partial charge in [-0.05, 0) is 18.6 Å². The van der Waals surface area contributed by atoms with Crippen molar-refractivity contribution in [2.75, 3.05) is 26.2 Å². The first-order chi connectivity index (χ1) is 13.4. The summed E-state index contributed by atoms with van der Waals surface area (Å²) in [5.74, 6) is -0.175. The topological polar surface area (TPSA) is 88.4 Å². The van der Waals surface area contributed by atoms with Gasteiger partial charge in [-0.15, -0.1) is 0 Å². The van der Waals surface area contributed by atoms with E-state index in [9.17, 15) is 13.2 Å². The molecule has 1 saturated heterocycles. The van der Waals surface area contributed by atoms with Crippen LogP contribution in [0.4, 0.5) is 0 Å². The zero-order valence-corrected chi connectivity index (χ0v) is 16.3. The fourth-order valence-electron chi connectivity index (χ4n) is 3.37. The van der Waals surface area contributed by atoms with Crippen LogP contribution in [0, 0.1) is 0 Å². The third-order valence-corrected chi connectivity index (χ3v) is 6.73. The van der Waals surface area contributed by atoms with Gasteiger partial charge < -0.3 is 4.90 Å². The van der Waals surface area contributed by atoms with Crippen LogP contribution in [0.5, 0.6) is 0 Å². The molecular weight excluding hydrogens is 378 g/mol. The molecule has 8 nitrogen and oxygen atoms in total. The number of hydrogen-bond donors (Lipinski definition) is 0. The Hall–Kier alpha value is -2.78. The van der Waals surface area contributed by atoms with E-state index in [-0.39, 0.29) is 17.3 Å². The third-order valence-electron chi connectivity index (χ3n) is 4.88. The van der Waals surface area contributed by atoms with Gasteiger partial charge >= 0.3 is 0 Å². The Morgan fingerprint density at radius 2 is 1.86 bits per heavy atom. The monoisotopic (exact) mass is 399 g/mol. The van der Waals surface area contributed by atoms with Crippen molar-refractivity contribution in [1.29, 1.82) is 0 Å². The summed E-state index contributed by atoms with van der Waals surface area (Å²) in [7, 11) is -1.93.